The Kier molecular flexibility index (Phi) is 7.38. The number of rotatable bonds is 5. The predicted octanol–water partition coefficient (Wildman–Crippen LogP) is 4.87. The number of hydrogen-bond acceptors (Lipinski definition) is 4. The average molecular weight is 474 g/mol. The lowest BCUT2D eigenvalue weighted by atomic mass is 10.0. The molecule has 0 aromatic heterocycles. The SMILES string of the molecule is CC(=O)N1CCCCC1C(=O)Nc1ccc(OC2CCN(c3ccc(F)cc3)CC2)c(Cl)c1. The van der Waals surface area contributed by atoms with E-state index >= 15 is 0 Å². The van der Waals surface area contributed by atoms with Crippen LogP contribution in [0.2, 0.25) is 5.02 Å². The van der Waals surface area contributed by atoms with Crippen molar-refractivity contribution in [2.45, 2.75) is 51.2 Å². The summed E-state index contributed by atoms with van der Waals surface area (Å²) in [5.41, 5.74) is 1.59. The molecular formula is C25H29ClFN3O3. The monoisotopic (exact) mass is 473 g/mol. The normalized spacial score (nSPS) is 19.3. The van der Waals surface area contributed by atoms with Gasteiger partial charge in [0.05, 0.1) is 5.02 Å². The smallest absolute Gasteiger partial charge is 0.247 e. The number of carbonyl (C=O) groups is 2. The van der Waals surface area contributed by atoms with Gasteiger partial charge in [0, 0.05) is 50.8 Å². The van der Waals surface area contributed by atoms with Gasteiger partial charge in [-0.1, -0.05) is 11.6 Å². The number of carbonyl (C=O) groups excluding carboxylic acids is 2. The van der Waals surface area contributed by atoms with Crippen molar-refractivity contribution < 1.29 is 18.7 Å². The Bertz CT molecular complexity index is 993. The Morgan fingerprint density at radius 2 is 1.76 bits per heavy atom. The van der Waals surface area contributed by atoms with Crippen molar-refractivity contribution in [2.75, 3.05) is 29.9 Å². The summed E-state index contributed by atoms with van der Waals surface area (Å²) >= 11 is 6.45. The van der Waals surface area contributed by atoms with Crippen molar-refractivity contribution in [3.8, 4) is 5.75 Å². The minimum atomic E-state index is -0.447. The highest BCUT2D eigenvalue weighted by Gasteiger charge is 2.30. The molecular weight excluding hydrogens is 445 g/mol. The molecule has 0 spiro atoms. The number of nitrogens with one attached hydrogen (secondary N) is 1. The number of ether oxygens (including phenoxy) is 1. The van der Waals surface area contributed by atoms with E-state index in [1.807, 2.05) is 0 Å². The molecule has 1 unspecified atom stereocenters. The van der Waals surface area contributed by atoms with Gasteiger partial charge in [0.1, 0.15) is 23.7 Å². The van der Waals surface area contributed by atoms with Crippen LogP contribution in [-0.2, 0) is 9.59 Å². The summed E-state index contributed by atoms with van der Waals surface area (Å²) < 4.78 is 19.3. The number of benzene rings is 2. The van der Waals surface area contributed by atoms with Gasteiger partial charge in [-0.3, -0.25) is 9.59 Å². The molecule has 2 saturated heterocycles. The molecule has 0 radical (unpaired) electrons. The lowest BCUT2D eigenvalue weighted by Crippen LogP contribution is -2.49. The van der Waals surface area contributed by atoms with Crippen molar-refractivity contribution in [2.24, 2.45) is 0 Å². The van der Waals surface area contributed by atoms with Crippen LogP contribution < -0.4 is 15.0 Å². The van der Waals surface area contributed by atoms with E-state index < -0.39 is 6.04 Å². The van der Waals surface area contributed by atoms with E-state index in [2.05, 4.69) is 10.2 Å². The van der Waals surface area contributed by atoms with Crippen LogP contribution in [0.15, 0.2) is 42.5 Å². The van der Waals surface area contributed by atoms with Crippen LogP contribution in [0.25, 0.3) is 0 Å². The molecule has 2 heterocycles. The van der Waals surface area contributed by atoms with E-state index in [4.69, 9.17) is 16.3 Å². The third-order valence-electron chi connectivity index (χ3n) is 6.34. The number of nitrogens with zero attached hydrogens (tertiary/aromatic N) is 2. The van der Waals surface area contributed by atoms with Gasteiger partial charge in [0.25, 0.3) is 0 Å². The first-order valence-corrected chi connectivity index (χ1v) is 11.8. The highest BCUT2D eigenvalue weighted by atomic mass is 35.5. The van der Waals surface area contributed by atoms with Crippen LogP contribution in [0.5, 0.6) is 5.75 Å². The van der Waals surface area contributed by atoms with Gasteiger partial charge in [-0.05, 0) is 61.7 Å². The maximum Gasteiger partial charge on any atom is 0.247 e. The summed E-state index contributed by atoms with van der Waals surface area (Å²) in [5, 5.41) is 3.32. The summed E-state index contributed by atoms with van der Waals surface area (Å²) in [6.07, 6.45) is 4.20. The molecule has 1 atom stereocenters. The van der Waals surface area contributed by atoms with E-state index in [0.29, 0.717) is 29.4 Å². The molecule has 2 fully saturated rings. The largest absolute Gasteiger partial charge is 0.489 e. The van der Waals surface area contributed by atoms with Crippen molar-refractivity contribution in [3.63, 3.8) is 0 Å². The molecule has 2 amide bonds. The molecule has 176 valence electrons. The van der Waals surface area contributed by atoms with E-state index in [-0.39, 0.29) is 23.7 Å². The zero-order valence-corrected chi connectivity index (χ0v) is 19.5. The van der Waals surface area contributed by atoms with Gasteiger partial charge in [-0.15, -0.1) is 0 Å². The number of anilines is 2. The molecule has 0 saturated carbocycles. The first-order valence-electron chi connectivity index (χ1n) is 11.5. The Morgan fingerprint density at radius 3 is 2.42 bits per heavy atom. The topological polar surface area (TPSA) is 61.9 Å². The molecule has 33 heavy (non-hydrogen) atoms. The van der Waals surface area contributed by atoms with Crippen LogP contribution in [0.1, 0.15) is 39.0 Å². The second-order valence-corrected chi connectivity index (χ2v) is 9.05. The number of hydrogen-bond donors (Lipinski definition) is 1. The molecule has 2 aromatic carbocycles. The third-order valence-corrected chi connectivity index (χ3v) is 6.63. The highest BCUT2D eigenvalue weighted by molar-refractivity contribution is 6.32. The zero-order chi connectivity index (χ0) is 23.4. The molecule has 0 aliphatic carbocycles. The van der Waals surface area contributed by atoms with Crippen molar-refractivity contribution in [1.29, 1.82) is 0 Å². The Balaban J connectivity index is 1.32. The molecule has 4 rings (SSSR count). The molecule has 1 N–H and O–H groups in total. The Morgan fingerprint density at radius 1 is 1.03 bits per heavy atom. The fourth-order valence-electron chi connectivity index (χ4n) is 4.54. The van der Waals surface area contributed by atoms with Crippen molar-refractivity contribution in [3.05, 3.63) is 53.3 Å². The van der Waals surface area contributed by atoms with Gasteiger partial charge in [0.2, 0.25) is 11.8 Å². The van der Waals surface area contributed by atoms with Crippen LogP contribution in [0.3, 0.4) is 0 Å². The minimum Gasteiger partial charge on any atom is -0.489 e. The van der Waals surface area contributed by atoms with Crippen molar-refractivity contribution in [1.82, 2.24) is 4.90 Å². The molecule has 2 aliphatic heterocycles. The van der Waals surface area contributed by atoms with Crippen LogP contribution in [0, 0.1) is 5.82 Å². The number of amides is 2. The lowest BCUT2D eigenvalue weighted by Gasteiger charge is -2.34. The standard InChI is InChI=1S/C25H29ClFN3O3/c1-17(31)30-13-3-2-4-23(30)25(32)28-19-7-10-24(22(26)16-19)33-21-11-14-29(15-12-21)20-8-5-18(27)6-9-20/h5-10,16,21,23H,2-4,11-15H2,1H3,(H,28,32). The molecule has 0 bridgehead atoms. The summed E-state index contributed by atoms with van der Waals surface area (Å²) in [6, 6.07) is 11.3. The van der Waals surface area contributed by atoms with E-state index in [1.165, 1.54) is 19.1 Å². The van der Waals surface area contributed by atoms with E-state index in [9.17, 15) is 14.0 Å². The van der Waals surface area contributed by atoms with Gasteiger partial charge in [0.15, 0.2) is 0 Å². The predicted molar refractivity (Wildman–Crippen MR) is 127 cm³/mol. The summed E-state index contributed by atoms with van der Waals surface area (Å²) in [7, 11) is 0. The fraction of sp³-hybridized carbons (Fsp3) is 0.440. The fourth-order valence-corrected chi connectivity index (χ4v) is 4.77. The number of halogens is 2. The van der Waals surface area contributed by atoms with Gasteiger partial charge < -0.3 is 19.9 Å². The maximum absolute atomic E-state index is 13.1. The first-order chi connectivity index (χ1) is 15.9. The Hall–Kier alpha value is -2.80. The minimum absolute atomic E-state index is 0.0333. The van der Waals surface area contributed by atoms with E-state index in [0.717, 1.165) is 44.5 Å². The Labute approximate surface area is 198 Å². The summed E-state index contributed by atoms with van der Waals surface area (Å²) in [5.74, 6) is 0.0731. The van der Waals surface area contributed by atoms with Gasteiger partial charge in [-0.25, -0.2) is 4.39 Å². The van der Waals surface area contributed by atoms with Crippen LogP contribution in [0.4, 0.5) is 15.8 Å². The number of piperidine rings is 2. The summed E-state index contributed by atoms with van der Waals surface area (Å²) in [6.45, 7) is 3.74. The van der Waals surface area contributed by atoms with Gasteiger partial charge >= 0.3 is 0 Å². The lowest BCUT2D eigenvalue weighted by molar-refractivity contribution is -0.138. The molecule has 8 heteroatoms. The second-order valence-electron chi connectivity index (χ2n) is 8.64. The highest BCUT2D eigenvalue weighted by Crippen LogP contribution is 2.31. The van der Waals surface area contributed by atoms with Crippen LogP contribution >= 0.6 is 11.6 Å². The molecule has 6 nitrogen and oxygen atoms in total. The molecule has 2 aliphatic rings. The quantitative estimate of drug-likeness (QED) is 0.673. The number of likely N-dealkylation sites (tertiary alicyclic amines) is 1. The second kappa shape index (κ2) is 10.4. The maximum atomic E-state index is 13.1. The van der Waals surface area contributed by atoms with E-state index in [1.54, 1.807) is 35.2 Å². The van der Waals surface area contributed by atoms with Crippen molar-refractivity contribution >= 4 is 34.8 Å². The third kappa shape index (κ3) is 5.77. The zero-order valence-electron chi connectivity index (χ0n) is 18.7. The average Bonchev–Trinajstić information content (AvgIpc) is 2.82. The summed E-state index contributed by atoms with van der Waals surface area (Å²) in [4.78, 5) is 28.5. The molecule has 2 aromatic rings. The first kappa shape index (κ1) is 23.4. The van der Waals surface area contributed by atoms with Crippen LogP contribution in [-0.4, -0.2) is 48.5 Å². The van der Waals surface area contributed by atoms with Gasteiger partial charge in [-0.2, -0.15) is 0 Å².